The van der Waals surface area contributed by atoms with Crippen LogP contribution in [-0.4, -0.2) is 37.1 Å². The highest BCUT2D eigenvalue weighted by atomic mass is 35.5. The van der Waals surface area contributed by atoms with Gasteiger partial charge in [-0.1, -0.05) is 11.6 Å². The number of benzene rings is 2. The molecule has 0 fully saturated rings. The van der Waals surface area contributed by atoms with Gasteiger partial charge in [-0.3, -0.25) is 14.2 Å². The van der Waals surface area contributed by atoms with E-state index in [9.17, 15) is 13.8 Å². The number of rotatable bonds is 6. The molecule has 9 heteroatoms. The van der Waals surface area contributed by atoms with Crippen molar-refractivity contribution in [3.63, 3.8) is 0 Å². The second kappa shape index (κ2) is 8.86. The van der Waals surface area contributed by atoms with Gasteiger partial charge in [-0.25, -0.2) is 13.5 Å². The van der Waals surface area contributed by atoms with E-state index in [2.05, 4.69) is 10.3 Å². The Hall–Kier alpha value is -2.55. The molecule has 2 aromatic carbocycles. The van der Waals surface area contributed by atoms with E-state index in [1.165, 1.54) is 17.0 Å². The monoisotopic (exact) mass is 432 g/mol. The maximum absolute atomic E-state index is 12.6. The minimum Gasteiger partial charge on any atom is -0.325 e. The van der Waals surface area contributed by atoms with Gasteiger partial charge in [0.25, 0.3) is 5.56 Å². The molecule has 0 spiro atoms. The first-order chi connectivity index (χ1) is 13.8. The Labute approximate surface area is 175 Å². The highest BCUT2D eigenvalue weighted by Crippen LogP contribution is 2.16. The van der Waals surface area contributed by atoms with Gasteiger partial charge < -0.3 is 5.32 Å². The van der Waals surface area contributed by atoms with Gasteiger partial charge in [0.15, 0.2) is 0 Å². The molecular formula is C20H21ClN4O3S. The average Bonchev–Trinajstić information content (AvgIpc) is 2.70. The lowest BCUT2D eigenvalue weighted by Gasteiger charge is -2.19. The molecule has 1 aromatic heterocycles. The topological polar surface area (TPSA) is 84.3 Å². The van der Waals surface area contributed by atoms with Crippen LogP contribution < -0.4 is 10.9 Å². The maximum Gasteiger partial charge on any atom is 0.261 e. The lowest BCUT2D eigenvalue weighted by Crippen LogP contribution is -2.28. The van der Waals surface area contributed by atoms with Crippen LogP contribution in [0.3, 0.4) is 0 Å². The van der Waals surface area contributed by atoms with E-state index in [-0.39, 0.29) is 24.1 Å². The van der Waals surface area contributed by atoms with Crippen molar-refractivity contribution >= 4 is 45.1 Å². The molecule has 152 valence electrons. The summed E-state index contributed by atoms with van der Waals surface area (Å²) in [5, 5.41) is 3.52. The second-order valence-corrected chi connectivity index (χ2v) is 8.78. The van der Waals surface area contributed by atoms with Crippen molar-refractivity contribution in [1.29, 1.82) is 0 Å². The number of aromatic nitrogens is 2. The van der Waals surface area contributed by atoms with E-state index in [0.29, 0.717) is 26.5 Å². The van der Waals surface area contributed by atoms with E-state index in [4.69, 9.17) is 11.6 Å². The van der Waals surface area contributed by atoms with E-state index in [0.717, 1.165) is 0 Å². The molecule has 1 amide bonds. The molecule has 3 rings (SSSR count). The van der Waals surface area contributed by atoms with Crippen LogP contribution in [0.2, 0.25) is 5.02 Å². The Balaban J connectivity index is 1.71. The first-order valence-electron chi connectivity index (χ1n) is 8.95. The van der Waals surface area contributed by atoms with E-state index in [1.807, 2.05) is 13.8 Å². The first kappa shape index (κ1) is 21.2. The Morgan fingerprint density at radius 1 is 1.24 bits per heavy atom. The third-order valence-electron chi connectivity index (χ3n) is 4.43. The van der Waals surface area contributed by atoms with Crippen molar-refractivity contribution in [2.24, 2.45) is 0 Å². The van der Waals surface area contributed by atoms with Gasteiger partial charge in [0.2, 0.25) is 5.91 Å². The molecule has 7 nitrogen and oxygen atoms in total. The predicted molar refractivity (Wildman–Crippen MR) is 115 cm³/mol. The third kappa shape index (κ3) is 4.90. The molecule has 1 N–H and O–H groups in total. The van der Waals surface area contributed by atoms with E-state index < -0.39 is 11.0 Å². The summed E-state index contributed by atoms with van der Waals surface area (Å²) in [4.78, 5) is 29.7. The van der Waals surface area contributed by atoms with Crippen molar-refractivity contribution in [2.75, 3.05) is 12.4 Å². The van der Waals surface area contributed by atoms with E-state index >= 15 is 0 Å². The normalized spacial score (nSPS) is 12.5. The Kier molecular flexibility index (Phi) is 6.46. The number of halogens is 1. The van der Waals surface area contributed by atoms with Gasteiger partial charge in [0.1, 0.15) is 17.5 Å². The third-order valence-corrected chi connectivity index (χ3v) is 6.28. The summed E-state index contributed by atoms with van der Waals surface area (Å²) in [6.07, 6.45) is 1.34. The smallest absolute Gasteiger partial charge is 0.261 e. The number of nitrogens with one attached hydrogen (secondary N) is 1. The summed E-state index contributed by atoms with van der Waals surface area (Å²) >= 11 is 5.95. The fourth-order valence-electron chi connectivity index (χ4n) is 2.61. The molecule has 29 heavy (non-hydrogen) atoms. The predicted octanol–water partition coefficient (Wildman–Crippen LogP) is 3.05. The van der Waals surface area contributed by atoms with Crippen LogP contribution in [0.4, 0.5) is 5.69 Å². The molecular weight excluding hydrogens is 412 g/mol. The number of carbonyl (C=O) groups is 1. The van der Waals surface area contributed by atoms with Crippen LogP contribution >= 0.6 is 11.6 Å². The number of hydrogen-bond donors (Lipinski definition) is 1. The van der Waals surface area contributed by atoms with Crippen molar-refractivity contribution in [3.8, 4) is 0 Å². The fraction of sp³-hybridized carbons (Fsp3) is 0.250. The van der Waals surface area contributed by atoms with Crippen molar-refractivity contribution < 1.29 is 9.00 Å². The van der Waals surface area contributed by atoms with Crippen LogP contribution in [0.25, 0.3) is 10.9 Å². The number of fused-ring (bicyclic) bond motifs is 1. The number of anilines is 1. The van der Waals surface area contributed by atoms with Crippen LogP contribution in [0.5, 0.6) is 0 Å². The highest BCUT2D eigenvalue weighted by Gasteiger charge is 2.14. The maximum atomic E-state index is 12.6. The zero-order valence-corrected chi connectivity index (χ0v) is 17.8. The van der Waals surface area contributed by atoms with Crippen LogP contribution in [-0.2, 0) is 22.3 Å². The SMILES string of the molecule is CC(C)N(C)S(=O)c1ccc(NC(=O)Cn2cnc3ccc(Cl)cc3c2=O)cc1. The van der Waals surface area contributed by atoms with Gasteiger partial charge in [0.05, 0.1) is 22.1 Å². The molecule has 0 aliphatic heterocycles. The standard InChI is InChI=1S/C20H21ClN4O3S/c1-13(2)24(3)29(28)16-7-5-15(6-8-16)23-19(26)11-25-12-22-18-9-4-14(21)10-17(18)20(25)27/h4-10,12-13H,11H2,1-3H3,(H,23,26). The summed E-state index contributed by atoms with van der Waals surface area (Å²) in [5.41, 5.74) is 0.730. The Morgan fingerprint density at radius 2 is 1.93 bits per heavy atom. The molecule has 1 heterocycles. The number of nitrogens with zero attached hydrogens (tertiary/aromatic N) is 3. The molecule has 1 unspecified atom stereocenters. The lowest BCUT2D eigenvalue weighted by atomic mass is 10.2. The van der Waals surface area contributed by atoms with Crippen molar-refractivity contribution in [2.45, 2.75) is 31.3 Å². The molecule has 3 aromatic rings. The first-order valence-corrected chi connectivity index (χ1v) is 10.4. The summed E-state index contributed by atoms with van der Waals surface area (Å²) in [6.45, 7) is 3.74. The van der Waals surface area contributed by atoms with Gasteiger partial charge in [-0.2, -0.15) is 0 Å². The van der Waals surface area contributed by atoms with Gasteiger partial charge in [-0.05, 0) is 56.3 Å². The van der Waals surface area contributed by atoms with Gasteiger partial charge in [-0.15, -0.1) is 0 Å². The van der Waals surface area contributed by atoms with Crippen LogP contribution in [0.15, 0.2) is 58.5 Å². The van der Waals surface area contributed by atoms with Crippen LogP contribution in [0, 0.1) is 0 Å². The fourth-order valence-corrected chi connectivity index (χ4v) is 3.87. The number of carbonyl (C=O) groups excluding carboxylic acids is 1. The molecule has 1 atom stereocenters. The summed E-state index contributed by atoms with van der Waals surface area (Å²) in [6, 6.07) is 11.8. The van der Waals surface area contributed by atoms with Gasteiger partial charge >= 0.3 is 0 Å². The quantitative estimate of drug-likeness (QED) is 0.648. The summed E-state index contributed by atoms with van der Waals surface area (Å²) in [5.74, 6) is -0.372. The second-order valence-electron chi connectivity index (χ2n) is 6.80. The molecule has 0 aliphatic carbocycles. The van der Waals surface area contributed by atoms with Crippen molar-refractivity contribution in [3.05, 3.63) is 64.2 Å². The molecule has 0 saturated carbocycles. The average molecular weight is 433 g/mol. The molecule has 0 radical (unpaired) electrons. The van der Waals surface area contributed by atoms with Crippen LogP contribution in [0.1, 0.15) is 13.8 Å². The Bertz CT molecular complexity index is 1130. The Morgan fingerprint density at radius 3 is 2.59 bits per heavy atom. The number of amides is 1. The summed E-state index contributed by atoms with van der Waals surface area (Å²) < 4.78 is 15.4. The van der Waals surface area contributed by atoms with E-state index in [1.54, 1.807) is 47.8 Å². The van der Waals surface area contributed by atoms with Gasteiger partial charge in [0, 0.05) is 23.8 Å². The lowest BCUT2D eigenvalue weighted by molar-refractivity contribution is -0.116. The molecule has 0 bridgehead atoms. The highest BCUT2D eigenvalue weighted by molar-refractivity contribution is 7.82. The zero-order valence-electron chi connectivity index (χ0n) is 16.3. The minimum atomic E-state index is -1.27. The number of hydrogen-bond acceptors (Lipinski definition) is 4. The minimum absolute atomic E-state index is 0.138. The molecule has 0 saturated heterocycles. The molecule has 0 aliphatic rings. The summed E-state index contributed by atoms with van der Waals surface area (Å²) in [7, 11) is 0.517. The zero-order chi connectivity index (χ0) is 21.1. The largest absolute Gasteiger partial charge is 0.325 e. The van der Waals surface area contributed by atoms with Crippen molar-refractivity contribution in [1.82, 2.24) is 13.9 Å².